The molecule has 2 saturated heterocycles. The zero-order valence-corrected chi connectivity index (χ0v) is 24.8. The summed E-state index contributed by atoms with van der Waals surface area (Å²) in [5, 5.41) is 9.92. The molecule has 0 saturated carbocycles. The summed E-state index contributed by atoms with van der Waals surface area (Å²) < 4.78 is 7.52. The number of carbonyl (C=O) groups excluding carboxylic acids is 1. The quantitative estimate of drug-likeness (QED) is 0.293. The van der Waals surface area contributed by atoms with Crippen molar-refractivity contribution in [3.63, 3.8) is 0 Å². The number of amides is 1. The predicted octanol–water partition coefficient (Wildman–Crippen LogP) is 5.52. The van der Waals surface area contributed by atoms with Crippen molar-refractivity contribution in [1.29, 1.82) is 5.26 Å². The largest absolute Gasteiger partial charge is 0.497 e. The van der Waals surface area contributed by atoms with Crippen LogP contribution in [0.3, 0.4) is 0 Å². The molecule has 1 atom stereocenters. The maximum atomic E-state index is 13.6. The average molecular weight is 565 g/mol. The fraction of sp³-hybridized carbons (Fsp3) is 0.467. The van der Waals surface area contributed by atoms with Gasteiger partial charge in [-0.05, 0) is 67.9 Å². The highest BCUT2D eigenvalue weighted by Crippen LogP contribution is 2.37. The molecule has 2 fully saturated rings. The smallest absolute Gasteiger partial charge is 0.270 e. The number of hydrogen-bond donors (Lipinski definition) is 0. The van der Waals surface area contributed by atoms with Crippen LogP contribution < -0.4 is 15.2 Å². The van der Waals surface area contributed by atoms with E-state index >= 15 is 0 Å². The molecule has 1 amide bonds. The summed E-state index contributed by atoms with van der Waals surface area (Å²) in [6, 6.07) is 9.94. The minimum absolute atomic E-state index is 0.138. The van der Waals surface area contributed by atoms with Gasteiger partial charge < -0.3 is 9.64 Å². The number of unbranched alkanes of at least 4 members (excludes halogenated alkanes) is 1. The van der Waals surface area contributed by atoms with Gasteiger partial charge >= 0.3 is 0 Å². The van der Waals surface area contributed by atoms with Gasteiger partial charge in [0.15, 0.2) is 0 Å². The summed E-state index contributed by atoms with van der Waals surface area (Å²) in [6.45, 7) is 8.82. The molecular weight excluding hydrogens is 528 g/mol. The SMILES string of the molecule is CCCCn1c(N2CCCC(C)C2)c(C=C2SC(=S)N(CCc3ccc(OC)cc3)C2=O)c(C)c(C#N)c1=O. The zero-order chi connectivity index (χ0) is 28.1. The van der Waals surface area contributed by atoms with Gasteiger partial charge in [-0.3, -0.25) is 19.1 Å². The number of nitrogens with zero attached hydrogens (tertiary/aromatic N) is 4. The third kappa shape index (κ3) is 6.23. The number of anilines is 1. The van der Waals surface area contributed by atoms with E-state index in [0.29, 0.717) is 40.2 Å². The molecule has 7 nitrogen and oxygen atoms in total. The molecule has 1 aromatic heterocycles. The van der Waals surface area contributed by atoms with E-state index in [0.717, 1.165) is 61.5 Å². The van der Waals surface area contributed by atoms with E-state index in [1.165, 1.54) is 11.8 Å². The minimum Gasteiger partial charge on any atom is -0.497 e. The third-order valence-electron chi connectivity index (χ3n) is 7.47. The molecule has 206 valence electrons. The zero-order valence-electron chi connectivity index (χ0n) is 23.2. The van der Waals surface area contributed by atoms with Crippen LogP contribution in [0.15, 0.2) is 34.0 Å². The Labute approximate surface area is 240 Å². The molecule has 0 aliphatic carbocycles. The Morgan fingerprint density at radius 3 is 2.62 bits per heavy atom. The number of hydrogen-bond acceptors (Lipinski definition) is 7. The average Bonchev–Trinajstić information content (AvgIpc) is 3.20. The van der Waals surface area contributed by atoms with Crippen molar-refractivity contribution >= 4 is 46.1 Å². The van der Waals surface area contributed by atoms with Crippen LogP contribution in [0.1, 0.15) is 61.8 Å². The number of carbonyl (C=O) groups is 1. The van der Waals surface area contributed by atoms with E-state index in [1.807, 2.05) is 37.3 Å². The van der Waals surface area contributed by atoms with Gasteiger partial charge in [0.05, 0.1) is 12.0 Å². The first-order valence-corrected chi connectivity index (χ1v) is 14.8. The van der Waals surface area contributed by atoms with E-state index in [2.05, 4.69) is 24.8 Å². The summed E-state index contributed by atoms with van der Waals surface area (Å²) in [4.78, 5) is 31.5. The van der Waals surface area contributed by atoms with Gasteiger partial charge in [0, 0.05) is 31.7 Å². The molecule has 0 N–H and O–H groups in total. The van der Waals surface area contributed by atoms with Gasteiger partial charge in [-0.15, -0.1) is 0 Å². The molecule has 2 aromatic rings. The van der Waals surface area contributed by atoms with Crippen LogP contribution in [0.25, 0.3) is 6.08 Å². The molecule has 39 heavy (non-hydrogen) atoms. The first-order valence-electron chi connectivity index (χ1n) is 13.6. The molecule has 1 unspecified atom stereocenters. The third-order valence-corrected chi connectivity index (χ3v) is 8.85. The number of pyridine rings is 1. The lowest BCUT2D eigenvalue weighted by atomic mass is 9.98. The molecule has 3 heterocycles. The maximum Gasteiger partial charge on any atom is 0.270 e. The van der Waals surface area contributed by atoms with Gasteiger partial charge in [-0.25, -0.2) is 0 Å². The number of nitriles is 1. The highest BCUT2D eigenvalue weighted by Gasteiger charge is 2.33. The standard InChI is InChI=1S/C30H36N4O3S2/c1-5-6-15-33-27(32-14-7-8-20(2)19-32)24(21(3)25(18-31)28(33)35)17-26-29(36)34(30(38)39-26)16-13-22-9-11-23(37-4)12-10-22/h9-12,17,20H,5-8,13-16,19H2,1-4H3. The second-order valence-corrected chi connectivity index (χ2v) is 12.0. The highest BCUT2D eigenvalue weighted by atomic mass is 32.2. The summed E-state index contributed by atoms with van der Waals surface area (Å²) >= 11 is 6.90. The number of piperidine rings is 1. The summed E-state index contributed by atoms with van der Waals surface area (Å²) in [5.74, 6) is 1.97. The van der Waals surface area contributed by atoms with Crippen molar-refractivity contribution in [3.8, 4) is 11.8 Å². The van der Waals surface area contributed by atoms with Crippen LogP contribution >= 0.6 is 24.0 Å². The monoisotopic (exact) mass is 564 g/mol. The van der Waals surface area contributed by atoms with Crippen molar-refractivity contribution in [2.24, 2.45) is 5.92 Å². The Morgan fingerprint density at radius 2 is 1.97 bits per heavy atom. The fourth-order valence-corrected chi connectivity index (χ4v) is 6.54. The van der Waals surface area contributed by atoms with Crippen LogP contribution in [-0.2, 0) is 17.8 Å². The second kappa shape index (κ2) is 12.8. The second-order valence-electron chi connectivity index (χ2n) is 10.3. The number of thiocarbonyl (C=S) groups is 1. The molecule has 0 radical (unpaired) electrons. The van der Waals surface area contributed by atoms with Gasteiger partial charge in [0.2, 0.25) is 0 Å². The Kier molecular flexibility index (Phi) is 9.52. The lowest BCUT2D eigenvalue weighted by Gasteiger charge is -2.36. The number of thioether (sulfide) groups is 1. The Bertz CT molecular complexity index is 1370. The molecule has 4 rings (SSSR count). The van der Waals surface area contributed by atoms with Gasteiger partial charge in [0.25, 0.3) is 11.5 Å². The molecule has 9 heteroatoms. The van der Waals surface area contributed by atoms with E-state index in [-0.39, 0.29) is 17.0 Å². The number of methoxy groups -OCH3 is 1. The molecule has 0 bridgehead atoms. The minimum atomic E-state index is -0.249. The number of benzene rings is 1. The summed E-state index contributed by atoms with van der Waals surface area (Å²) in [6.07, 6.45) is 6.47. The van der Waals surface area contributed by atoms with Crippen molar-refractivity contribution in [3.05, 3.63) is 61.8 Å². The predicted molar refractivity (Wildman–Crippen MR) is 162 cm³/mol. The Morgan fingerprint density at radius 1 is 1.23 bits per heavy atom. The Balaban J connectivity index is 1.72. The maximum absolute atomic E-state index is 13.6. The summed E-state index contributed by atoms with van der Waals surface area (Å²) in [7, 11) is 1.63. The van der Waals surface area contributed by atoms with Crippen molar-refractivity contribution in [2.45, 2.75) is 59.4 Å². The molecule has 1 aromatic carbocycles. The van der Waals surface area contributed by atoms with E-state index in [9.17, 15) is 14.9 Å². The van der Waals surface area contributed by atoms with Gasteiger partial charge in [-0.1, -0.05) is 56.4 Å². The van der Waals surface area contributed by atoms with Crippen molar-refractivity contribution < 1.29 is 9.53 Å². The normalized spacial score (nSPS) is 18.6. The number of aromatic nitrogens is 1. The van der Waals surface area contributed by atoms with Crippen LogP contribution in [0.5, 0.6) is 5.75 Å². The molecule has 0 spiro atoms. The molecular formula is C30H36N4O3S2. The van der Waals surface area contributed by atoms with Crippen LogP contribution in [0.4, 0.5) is 5.82 Å². The number of ether oxygens (including phenoxy) is 1. The first-order chi connectivity index (χ1) is 18.8. The topological polar surface area (TPSA) is 78.6 Å². The van der Waals surface area contributed by atoms with Gasteiger partial charge in [0.1, 0.15) is 27.5 Å². The lowest BCUT2D eigenvalue weighted by molar-refractivity contribution is -0.122. The number of rotatable bonds is 9. The van der Waals surface area contributed by atoms with Crippen LogP contribution in [0.2, 0.25) is 0 Å². The Hall–Kier alpha value is -3.09. The molecule has 2 aliphatic heterocycles. The summed E-state index contributed by atoms with van der Waals surface area (Å²) in [5.41, 5.74) is 2.37. The lowest BCUT2D eigenvalue weighted by Crippen LogP contribution is -2.40. The van der Waals surface area contributed by atoms with E-state index < -0.39 is 0 Å². The van der Waals surface area contributed by atoms with Crippen LogP contribution in [0, 0.1) is 24.2 Å². The first kappa shape index (κ1) is 28.9. The highest BCUT2D eigenvalue weighted by molar-refractivity contribution is 8.26. The van der Waals surface area contributed by atoms with Gasteiger partial charge in [-0.2, -0.15) is 5.26 Å². The van der Waals surface area contributed by atoms with Crippen LogP contribution in [-0.4, -0.2) is 46.4 Å². The van der Waals surface area contributed by atoms with E-state index in [1.54, 1.807) is 16.6 Å². The van der Waals surface area contributed by atoms with Crippen molar-refractivity contribution in [2.75, 3.05) is 31.6 Å². The van der Waals surface area contributed by atoms with E-state index in [4.69, 9.17) is 17.0 Å². The molecule has 2 aliphatic rings. The fourth-order valence-electron chi connectivity index (χ4n) is 5.25. The van der Waals surface area contributed by atoms with Crippen molar-refractivity contribution in [1.82, 2.24) is 9.47 Å².